The number of nitrogens with one attached hydrogen (secondary N) is 2. The van der Waals surface area contributed by atoms with Crippen LogP contribution in [0.1, 0.15) is 38.5 Å². The van der Waals surface area contributed by atoms with Gasteiger partial charge in [-0.15, -0.1) is 0 Å². The maximum Gasteiger partial charge on any atom is 0.329 e. The number of amides is 2. The lowest BCUT2D eigenvalue weighted by Gasteiger charge is -2.56. The molecule has 5 heteroatoms. The third-order valence-corrected chi connectivity index (χ3v) is 6.18. The van der Waals surface area contributed by atoms with Crippen LogP contribution in [0.5, 0.6) is 0 Å². The highest BCUT2D eigenvalue weighted by molar-refractivity contribution is 5.74. The summed E-state index contributed by atoms with van der Waals surface area (Å²) in [6.45, 7) is 3.89. The fraction of sp³-hybridized carbons (Fsp3) is 0.938. The molecule has 5 fully saturated rings. The second-order valence-corrected chi connectivity index (χ2v) is 8.05. The number of rotatable bonds is 2. The molecule has 21 heavy (non-hydrogen) atoms. The standard InChI is InChI=1S/C16H28N4O/c1-19-2-4-20(5-3-19)18-15(21)17-16-9-12-6-13(10-16)8-14(7-12)11-16/h12-14H,2-11H2,1H3,(H2,17,18,21). The molecule has 0 aromatic rings. The number of nitrogens with zero attached hydrogens (tertiary/aromatic N) is 2. The van der Waals surface area contributed by atoms with Crippen LogP contribution in [0.2, 0.25) is 0 Å². The van der Waals surface area contributed by atoms with Crippen LogP contribution in [0.4, 0.5) is 4.79 Å². The van der Waals surface area contributed by atoms with Crippen molar-refractivity contribution in [1.82, 2.24) is 20.7 Å². The van der Waals surface area contributed by atoms with Gasteiger partial charge in [-0.2, -0.15) is 0 Å². The van der Waals surface area contributed by atoms with E-state index in [0.717, 1.165) is 43.9 Å². The fourth-order valence-electron chi connectivity index (χ4n) is 5.59. The van der Waals surface area contributed by atoms with Crippen molar-refractivity contribution in [3.63, 3.8) is 0 Å². The lowest BCUT2D eigenvalue weighted by atomic mass is 9.53. The molecule has 0 atom stereocenters. The van der Waals surface area contributed by atoms with Crippen molar-refractivity contribution in [2.24, 2.45) is 17.8 Å². The molecule has 2 N–H and O–H groups in total. The summed E-state index contributed by atoms with van der Waals surface area (Å²) < 4.78 is 0. The maximum atomic E-state index is 12.4. The number of urea groups is 1. The Bertz CT molecular complexity index is 381. The molecule has 4 bridgehead atoms. The van der Waals surface area contributed by atoms with E-state index in [2.05, 4.69) is 27.7 Å². The van der Waals surface area contributed by atoms with Crippen LogP contribution in [-0.4, -0.2) is 54.7 Å². The summed E-state index contributed by atoms with van der Waals surface area (Å²) in [5.41, 5.74) is 3.19. The van der Waals surface area contributed by atoms with Gasteiger partial charge >= 0.3 is 6.03 Å². The number of piperazine rings is 1. The Morgan fingerprint density at radius 3 is 2.00 bits per heavy atom. The Morgan fingerprint density at radius 1 is 0.952 bits per heavy atom. The van der Waals surface area contributed by atoms with Gasteiger partial charge in [-0.05, 0) is 63.3 Å². The van der Waals surface area contributed by atoms with Crippen LogP contribution in [0, 0.1) is 17.8 Å². The minimum absolute atomic E-state index is 0.0292. The van der Waals surface area contributed by atoms with Crippen molar-refractivity contribution in [3.05, 3.63) is 0 Å². The van der Waals surface area contributed by atoms with Gasteiger partial charge in [0.2, 0.25) is 0 Å². The largest absolute Gasteiger partial charge is 0.332 e. The Morgan fingerprint density at radius 2 is 1.48 bits per heavy atom. The van der Waals surface area contributed by atoms with E-state index in [9.17, 15) is 4.79 Å². The van der Waals surface area contributed by atoms with Crippen molar-refractivity contribution in [1.29, 1.82) is 0 Å². The highest BCUT2D eigenvalue weighted by atomic mass is 16.2. The van der Waals surface area contributed by atoms with Crippen molar-refractivity contribution >= 4 is 6.03 Å². The highest BCUT2D eigenvalue weighted by Crippen LogP contribution is 2.55. The Labute approximate surface area is 127 Å². The molecule has 0 aromatic carbocycles. The number of hydrogen-bond donors (Lipinski definition) is 2. The second kappa shape index (κ2) is 5.13. The average Bonchev–Trinajstić information content (AvgIpc) is 2.39. The molecule has 0 radical (unpaired) electrons. The first kappa shape index (κ1) is 13.8. The zero-order chi connectivity index (χ0) is 14.4. The van der Waals surface area contributed by atoms with Crippen molar-refractivity contribution in [2.45, 2.75) is 44.1 Å². The van der Waals surface area contributed by atoms with E-state index in [-0.39, 0.29) is 11.6 Å². The molecule has 1 saturated heterocycles. The maximum absolute atomic E-state index is 12.4. The van der Waals surface area contributed by atoms with Gasteiger partial charge in [-0.3, -0.25) is 5.43 Å². The topological polar surface area (TPSA) is 47.6 Å². The van der Waals surface area contributed by atoms with Gasteiger partial charge in [-0.25, -0.2) is 9.80 Å². The summed E-state index contributed by atoms with van der Waals surface area (Å²) in [4.78, 5) is 14.7. The molecule has 118 valence electrons. The van der Waals surface area contributed by atoms with Gasteiger partial charge in [0.1, 0.15) is 0 Å². The van der Waals surface area contributed by atoms with Gasteiger partial charge in [0.05, 0.1) is 0 Å². The van der Waals surface area contributed by atoms with Gasteiger partial charge in [0.15, 0.2) is 0 Å². The average molecular weight is 292 g/mol. The van der Waals surface area contributed by atoms with Gasteiger partial charge in [-0.1, -0.05) is 0 Å². The zero-order valence-electron chi connectivity index (χ0n) is 13.1. The molecular weight excluding hydrogens is 264 g/mol. The molecule has 5 aliphatic rings. The second-order valence-electron chi connectivity index (χ2n) is 8.05. The van der Waals surface area contributed by atoms with E-state index >= 15 is 0 Å². The van der Waals surface area contributed by atoms with Crippen LogP contribution in [0.25, 0.3) is 0 Å². The summed E-state index contributed by atoms with van der Waals surface area (Å²) >= 11 is 0. The minimum Gasteiger partial charge on any atom is -0.332 e. The molecule has 5 rings (SSSR count). The normalized spacial score (nSPS) is 43.0. The summed E-state index contributed by atoms with van der Waals surface area (Å²) in [6, 6.07) is 0.0292. The quantitative estimate of drug-likeness (QED) is 0.809. The van der Waals surface area contributed by atoms with E-state index in [1.807, 2.05) is 0 Å². The summed E-state index contributed by atoms with van der Waals surface area (Å²) in [5.74, 6) is 2.63. The predicted octanol–water partition coefficient (Wildman–Crippen LogP) is 1.42. The van der Waals surface area contributed by atoms with E-state index < -0.39 is 0 Å². The smallest absolute Gasteiger partial charge is 0.329 e. The minimum atomic E-state index is 0.0292. The molecule has 4 aliphatic carbocycles. The molecule has 4 saturated carbocycles. The molecule has 0 unspecified atom stereocenters. The Kier molecular flexibility index (Phi) is 3.38. The van der Waals surface area contributed by atoms with Crippen LogP contribution in [-0.2, 0) is 0 Å². The molecule has 0 spiro atoms. The zero-order valence-corrected chi connectivity index (χ0v) is 13.1. The molecule has 0 aromatic heterocycles. The third-order valence-electron chi connectivity index (χ3n) is 6.18. The number of hydrazine groups is 1. The lowest BCUT2D eigenvalue weighted by molar-refractivity contribution is -0.0152. The first-order chi connectivity index (χ1) is 10.1. The summed E-state index contributed by atoms with van der Waals surface area (Å²) in [7, 11) is 2.13. The molecule has 1 aliphatic heterocycles. The van der Waals surface area contributed by atoms with E-state index in [1.54, 1.807) is 0 Å². The third kappa shape index (κ3) is 2.78. The van der Waals surface area contributed by atoms with Crippen LogP contribution in [0.15, 0.2) is 0 Å². The van der Waals surface area contributed by atoms with Gasteiger partial charge < -0.3 is 10.2 Å². The Hall–Kier alpha value is -0.810. The first-order valence-electron chi connectivity index (χ1n) is 8.62. The number of hydrogen-bond acceptors (Lipinski definition) is 3. The number of carbonyl (C=O) groups excluding carboxylic acids is 1. The molecule has 2 amide bonds. The Balaban J connectivity index is 1.34. The van der Waals surface area contributed by atoms with Gasteiger partial charge in [0.25, 0.3) is 0 Å². The fourth-order valence-corrected chi connectivity index (χ4v) is 5.59. The lowest BCUT2D eigenvalue weighted by Crippen LogP contribution is -2.63. The molecule has 1 heterocycles. The number of likely N-dealkylation sites (N-methyl/N-ethyl adjacent to an activating group) is 1. The van der Waals surface area contributed by atoms with Crippen LogP contribution in [0.3, 0.4) is 0 Å². The van der Waals surface area contributed by atoms with E-state index in [0.29, 0.717) is 0 Å². The predicted molar refractivity (Wildman–Crippen MR) is 81.6 cm³/mol. The van der Waals surface area contributed by atoms with E-state index in [4.69, 9.17) is 0 Å². The number of carbonyl (C=O) groups is 1. The molecular formula is C16H28N4O. The first-order valence-corrected chi connectivity index (χ1v) is 8.62. The molecule has 5 nitrogen and oxygen atoms in total. The van der Waals surface area contributed by atoms with Crippen molar-refractivity contribution in [3.8, 4) is 0 Å². The summed E-state index contributed by atoms with van der Waals surface area (Å²) in [6.07, 6.45) is 7.91. The van der Waals surface area contributed by atoms with Crippen molar-refractivity contribution in [2.75, 3.05) is 33.2 Å². The SMILES string of the molecule is CN1CCN(NC(=O)NC23CC4CC(CC(C4)C2)C3)CC1. The van der Waals surface area contributed by atoms with Crippen LogP contribution >= 0.6 is 0 Å². The van der Waals surface area contributed by atoms with Crippen molar-refractivity contribution < 1.29 is 4.79 Å². The highest BCUT2D eigenvalue weighted by Gasteiger charge is 2.51. The van der Waals surface area contributed by atoms with Crippen LogP contribution < -0.4 is 10.7 Å². The summed E-state index contributed by atoms with van der Waals surface area (Å²) in [5, 5.41) is 5.44. The van der Waals surface area contributed by atoms with Gasteiger partial charge in [0, 0.05) is 31.7 Å². The van der Waals surface area contributed by atoms with E-state index in [1.165, 1.54) is 38.5 Å². The monoisotopic (exact) mass is 292 g/mol.